The van der Waals surface area contributed by atoms with Gasteiger partial charge in [0.25, 0.3) is 11.5 Å². The number of hydrogen-bond acceptors (Lipinski definition) is 5. The van der Waals surface area contributed by atoms with E-state index >= 15 is 0 Å². The molecule has 1 aromatic carbocycles. The third-order valence-corrected chi connectivity index (χ3v) is 4.39. The number of carbonyl (C=O) groups is 1. The highest BCUT2D eigenvalue weighted by atomic mass is 19.4. The van der Waals surface area contributed by atoms with Gasteiger partial charge in [0, 0.05) is 17.3 Å². The predicted molar refractivity (Wildman–Crippen MR) is 93.8 cm³/mol. The Kier molecular flexibility index (Phi) is 4.26. The summed E-state index contributed by atoms with van der Waals surface area (Å²) in [5.41, 5.74) is -1.98. The second kappa shape index (κ2) is 6.66. The number of hydrogen-bond donors (Lipinski definition) is 3. The Morgan fingerprint density at radius 1 is 1.14 bits per heavy atom. The molecule has 1 aliphatic rings. The molecular formula is C19H12F3N3O4. The predicted octanol–water partition coefficient (Wildman–Crippen LogP) is 3.12. The van der Waals surface area contributed by atoms with Gasteiger partial charge < -0.3 is 20.1 Å². The van der Waals surface area contributed by atoms with Gasteiger partial charge in [0.2, 0.25) is 0 Å². The van der Waals surface area contributed by atoms with E-state index in [2.05, 4.69) is 10.3 Å². The molecule has 0 bridgehead atoms. The van der Waals surface area contributed by atoms with Crippen LogP contribution in [-0.4, -0.2) is 21.0 Å². The number of ether oxygens (including phenoxy) is 1. The molecule has 1 atom stereocenters. The number of aromatic nitrogens is 2. The minimum atomic E-state index is -4.74. The number of nitrogens with zero attached hydrogens (tertiary/aromatic N) is 1. The van der Waals surface area contributed by atoms with Crippen molar-refractivity contribution in [1.82, 2.24) is 15.3 Å². The summed E-state index contributed by atoms with van der Waals surface area (Å²) >= 11 is 0. The lowest BCUT2D eigenvalue weighted by Gasteiger charge is -2.28. The number of benzene rings is 1. The highest BCUT2D eigenvalue weighted by Gasteiger charge is 2.33. The number of halogens is 3. The molecule has 0 fully saturated rings. The second-order valence-electron chi connectivity index (χ2n) is 6.26. The van der Waals surface area contributed by atoms with Crippen molar-refractivity contribution in [3.8, 4) is 17.2 Å². The van der Waals surface area contributed by atoms with Crippen molar-refractivity contribution in [2.75, 3.05) is 0 Å². The van der Waals surface area contributed by atoms with Crippen LogP contribution >= 0.6 is 0 Å². The second-order valence-corrected chi connectivity index (χ2v) is 6.26. The highest BCUT2D eigenvalue weighted by Crippen LogP contribution is 2.43. The number of phenolic OH excluding ortho intramolecular Hbond substituents is 1. The van der Waals surface area contributed by atoms with E-state index in [0.717, 1.165) is 6.07 Å². The molecule has 4 rings (SSSR count). The van der Waals surface area contributed by atoms with Crippen molar-refractivity contribution in [2.45, 2.75) is 12.2 Å². The number of amides is 1. The van der Waals surface area contributed by atoms with Crippen LogP contribution in [0.25, 0.3) is 0 Å². The lowest BCUT2D eigenvalue weighted by Crippen LogP contribution is -2.35. The Bertz CT molecular complexity index is 1170. The molecular weight excluding hydrogens is 391 g/mol. The fourth-order valence-corrected chi connectivity index (χ4v) is 3.04. The van der Waals surface area contributed by atoms with Gasteiger partial charge in [-0.05, 0) is 36.4 Å². The number of alkyl halides is 3. The standard InChI is InChI=1S/C19H12F3N3O4/c20-19(21,22)15-4-2-11(17(27)24-15)18(28)25-16-10-5-6-23-8-14(10)29-13-3-1-9(26)7-12(13)16/h1-8,16,26H,(H,24,27)(H,25,28). The van der Waals surface area contributed by atoms with Crippen LogP contribution in [0.15, 0.2) is 53.6 Å². The molecule has 0 radical (unpaired) electrons. The molecule has 7 nitrogen and oxygen atoms in total. The minimum absolute atomic E-state index is 0.0727. The number of aromatic amines is 1. The normalized spacial score (nSPS) is 15.1. The molecule has 0 aliphatic carbocycles. The molecule has 3 N–H and O–H groups in total. The summed E-state index contributed by atoms with van der Waals surface area (Å²) in [5, 5.41) is 12.4. The van der Waals surface area contributed by atoms with Crippen molar-refractivity contribution >= 4 is 5.91 Å². The van der Waals surface area contributed by atoms with Crippen LogP contribution in [0.2, 0.25) is 0 Å². The van der Waals surface area contributed by atoms with Gasteiger partial charge in [-0.2, -0.15) is 13.2 Å². The van der Waals surface area contributed by atoms with Gasteiger partial charge >= 0.3 is 6.18 Å². The molecule has 3 aromatic rings. The quantitative estimate of drug-likeness (QED) is 0.610. The van der Waals surface area contributed by atoms with Gasteiger partial charge in [0.1, 0.15) is 22.8 Å². The van der Waals surface area contributed by atoms with Crippen LogP contribution in [0.5, 0.6) is 17.2 Å². The average molecular weight is 403 g/mol. The van der Waals surface area contributed by atoms with E-state index < -0.39 is 34.9 Å². The van der Waals surface area contributed by atoms with Gasteiger partial charge in [-0.3, -0.25) is 14.6 Å². The van der Waals surface area contributed by atoms with Crippen LogP contribution in [0, 0.1) is 0 Å². The summed E-state index contributed by atoms with van der Waals surface area (Å²) in [6.07, 6.45) is -1.83. The van der Waals surface area contributed by atoms with Crippen molar-refractivity contribution in [1.29, 1.82) is 0 Å². The van der Waals surface area contributed by atoms with E-state index in [1.54, 1.807) is 11.1 Å². The third-order valence-electron chi connectivity index (χ3n) is 4.39. The number of pyridine rings is 2. The van der Waals surface area contributed by atoms with E-state index in [-0.39, 0.29) is 5.75 Å². The van der Waals surface area contributed by atoms with Crippen molar-refractivity contribution in [3.05, 3.63) is 81.5 Å². The smallest absolute Gasteiger partial charge is 0.431 e. The zero-order valence-corrected chi connectivity index (χ0v) is 14.4. The van der Waals surface area contributed by atoms with Gasteiger partial charge in [-0.1, -0.05) is 0 Å². The molecule has 10 heteroatoms. The lowest BCUT2D eigenvalue weighted by atomic mass is 9.95. The largest absolute Gasteiger partial charge is 0.508 e. The fraction of sp³-hybridized carbons (Fsp3) is 0.105. The molecule has 0 saturated carbocycles. The average Bonchev–Trinajstić information content (AvgIpc) is 2.67. The van der Waals surface area contributed by atoms with E-state index in [0.29, 0.717) is 28.7 Å². The maximum atomic E-state index is 12.7. The summed E-state index contributed by atoms with van der Waals surface area (Å²) in [6.45, 7) is 0. The van der Waals surface area contributed by atoms with Crippen LogP contribution in [-0.2, 0) is 6.18 Å². The maximum absolute atomic E-state index is 12.7. The number of rotatable bonds is 2. The number of H-pyrrole nitrogens is 1. The Hall–Kier alpha value is -3.82. The summed E-state index contributed by atoms with van der Waals surface area (Å²) in [5.74, 6) is -0.243. The Balaban J connectivity index is 1.72. The number of aromatic hydroxyl groups is 1. The SMILES string of the molecule is O=C(NC1c2ccncc2Oc2ccc(O)cc21)c1ccc(C(F)(F)F)[nH]c1=O. The zero-order chi connectivity index (χ0) is 20.8. The molecule has 1 unspecified atom stereocenters. The van der Waals surface area contributed by atoms with Gasteiger partial charge in [0.05, 0.1) is 12.2 Å². The van der Waals surface area contributed by atoms with Crippen LogP contribution in [0.3, 0.4) is 0 Å². The number of fused-ring (bicyclic) bond motifs is 2. The monoisotopic (exact) mass is 403 g/mol. The molecule has 1 aliphatic heterocycles. The Morgan fingerprint density at radius 2 is 1.93 bits per heavy atom. The van der Waals surface area contributed by atoms with Crippen molar-refractivity contribution in [3.63, 3.8) is 0 Å². The van der Waals surface area contributed by atoms with E-state index in [1.165, 1.54) is 30.6 Å². The van der Waals surface area contributed by atoms with E-state index in [1.807, 2.05) is 0 Å². The Labute approximate surface area is 160 Å². The number of nitrogens with one attached hydrogen (secondary N) is 2. The first kappa shape index (κ1) is 18.5. The summed E-state index contributed by atoms with van der Waals surface area (Å²) in [6, 6.07) is 6.50. The fourth-order valence-electron chi connectivity index (χ4n) is 3.04. The number of phenols is 1. The molecule has 0 saturated heterocycles. The summed E-state index contributed by atoms with van der Waals surface area (Å²) in [4.78, 5) is 30.3. The molecule has 148 valence electrons. The number of carbonyl (C=O) groups excluding carboxylic acids is 1. The van der Waals surface area contributed by atoms with Gasteiger partial charge in [-0.25, -0.2) is 0 Å². The first-order valence-electron chi connectivity index (χ1n) is 8.30. The van der Waals surface area contributed by atoms with Crippen LogP contribution < -0.4 is 15.6 Å². The maximum Gasteiger partial charge on any atom is 0.431 e. The highest BCUT2D eigenvalue weighted by molar-refractivity contribution is 5.94. The first-order chi connectivity index (χ1) is 13.7. The molecule has 2 aromatic heterocycles. The van der Waals surface area contributed by atoms with E-state index in [9.17, 15) is 27.9 Å². The molecule has 0 spiro atoms. The summed E-state index contributed by atoms with van der Waals surface area (Å²) < 4.78 is 43.9. The van der Waals surface area contributed by atoms with Crippen molar-refractivity contribution < 1.29 is 27.8 Å². The topological polar surface area (TPSA) is 104 Å². The van der Waals surface area contributed by atoms with Gasteiger partial charge in [0.15, 0.2) is 5.75 Å². The molecule has 3 heterocycles. The molecule has 1 amide bonds. The van der Waals surface area contributed by atoms with Crippen LogP contribution in [0.4, 0.5) is 13.2 Å². The van der Waals surface area contributed by atoms with Gasteiger partial charge in [-0.15, -0.1) is 0 Å². The third kappa shape index (κ3) is 3.40. The van der Waals surface area contributed by atoms with Crippen molar-refractivity contribution in [2.24, 2.45) is 0 Å². The summed E-state index contributed by atoms with van der Waals surface area (Å²) in [7, 11) is 0. The lowest BCUT2D eigenvalue weighted by molar-refractivity contribution is -0.141. The first-order valence-corrected chi connectivity index (χ1v) is 8.30. The minimum Gasteiger partial charge on any atom is -0.508 e. The van der Waals surface area contributed by atoms with Crippen LogP contribution in [0.1, 0.15) is 33.2 Å². The van der Waals surface area contributed by atoms with E-state index in [4.69, 9.17) is 4.74 Å². The Morgan fingerprint density at radius 3 is 2.66 bits per heavy atom. The molecule has 29 heavy (non-hydrogen) atoms. The zero-order valence-electron chi connectivity index (χ0n) is 14.4.